The fraction of sp³-hybridized carbons (Fsp3) is 0.350. The quantitative estimate of drug-likeness (QED) is 0.799. The summed E-state index contributed by atoms with van der Waals surface area (Å²) in [4.78, 5) is 14.7. The summed E-state index contributed by atoms with van der Waals surface area (Å²) in [5, 5.41) is 2.84. The Balaban J connectivity index is 1.82. The second-order valence-corrected chi connectivity index (χ2v) is 6.41. The molecule has 1 atom stereocenters. The van der Waals surface area contributed by atoms with E-state index in [1.165, 1.54) is 23.3 Å². The molecule has 1 aliphatic rings. The van der Waals surface area contributed by atoms with Gasteiger partial charge in [0.2, 0.25) is 0 Å². The van der Waals surface area contributed by atoms with E-state index in [0.29, 0.717) is 5.69 Å². The maximum atomic E-state index is 13.3. The largest absolute Gasteiger partial charge is 0.322 e. The molecule has 2 amide bonds. The Hall–Kier alpha value is -2.36. The van der Waals surface area contributed by atoms with Crippen LogP contribution in [-0.4, -0.2) is 17.5 Å². The second-order valence-electron chi connectivity index (χ2n) is 6.41. The van der Waals surface area contributed by atoms with Crippen molar-refractivity contribution in [3.8, 4) is 0 Å². The van der Waals surface area contributed by atoms with Gasteiger partial charge in [-0.2, -0.15) is 0 Å². The summed E-state index contributed by atoms with van der Waals surface area (Å²) in [7, 11) is 0. The molecule has 0 aliphatic carbocycles. The van der Waals surface area contributed by atoms with Crippen LogP contribution in [-0.2, 0) is 0 Å². The number of hydrogen-bond acceptors (Lipinski definition) is 1. The number of urea groups is 1. The summed E-state index contributed by atoms with van der Waals surface area (Å²) < 4.78 is 13.3. The number of carbonyl (C=O) groups is 1. The molecule has 3 rings (SSSR count). The van der Waals surface area contributed by atoms with Crippen molar-refractivity contribution < 1.29 is 9.18 Å². The Morgan fingerprint density at radius 1 is 1.12 bits per heavy atom. The van der Waals surface area contributed by atoms with E-state index in [2.05, 4.69) is 30.4 Å². The smallest absolute Gasteiger partial charge is 0.317 e. The number of likely N-dealkylation sites (tertiary alicyclic amines) is 1. The molecule has 2 aromatic rings. The van der Waals surface area contributed by atoms with Gasteiger partial charge in [0.15, 0.2) is 0 Å². The first kappa shape index (κ1) is 16.5. The SMILES string of the molecule is Cc1cccc([C@@H]2CCCCCN2C(=O)Nc2cccc(F)c2)c1. The van der Waals surface area contributed by atoms with E-state index >= 15 is 0 Å². The van der Waals surface area contributed by atoms with Crippen molar-refractivity contribution in [1.82, 2.24) is 4.90 Å². The highest BCUT2D eigenvalue weighted by molar-refractivity contribution is 5.89. The maximum Gasteiger partial charge on any atom is 0.322 e. The lowest BCUT2D eigenvalue weighted by molar-refractivity contribution is 0.189. The molecule has 1 aliphatic heterocycles. The molecular weight excluding hydrogens is 303 g/mol. The molecular formula is C20H23FN2O. The third kappa shape index (κ3) is 3.94. The Morgan fingerprint density at radius 3 is 2.75 bits per heavy atom. The topological polar surface area (TPSA) is 32.3 Å². The van der Waals surface area contributed by atoms with E-state index in [1.54, 1.807) is 12.1 Å². The van der Waals surface area contributed by atoms with Crippen molar-refractivity contribution in [2.45, 2.75) is 38.6 Å². The molecule has 3 nitrogen and oxygen atoms in total. The molecule has 1 saturated heterocycles. The van der Waals surface area contributed by atoms with Gasteiger partial charge >= 0.3 is 6.03 Å². The molecule has 1 fully saturated rings. The van der Waals surface area contributed by atoms with E-state index in [0.717, 1.165) is 32.2 Å². The third-order valence-electron chi connectivity index (χ3n) is 4.52. The summed E-state index contributed by atoms with van der Waals surface area (Å²) in [5.41, 5.74) is 2.86. The van der Waals surface area contributed by atoms with Crippen LogP contribution in [0.3, 0.4) is 0 Å². The lowest BCUT2D eigenvalue weighted by atomic mass is 9.99. The van der Waals surface area contributed by atoms with Gasteiger partial charge in [0, 0.05) is 12.2 Å². The zero-order chi connectivity index (χ0) is 16.9. The van der Waals surface area contributed by atoms with Crippen LogP contribution >= 0.6 is 0 Å². The van der Waals surface area contributed by atoms with Gasteiger partial charge in [-0.05, 0) is 43.5 Å². The predicted molar refractivity (Wildman–Crippen MR) is 94.5 cm³/mol. The summed E-state index contributed by atoms with van der Waals surface area (Å²) in [6, 6.07) is 14.3. The fourth-order valence-electron chi connectivity index (χ4n) is 3.34. The first-order chi connectivity index (χ1) is 11.6. The van der Waals surface area contributed by atoms with Gasteiger partial charge in [-0.1, -0.05) is 48.7 Å². The van der Waals surface area contributed by atoms with Crippen LogP contribution in [0, 0.1) is 12.7 Å². The molecule has 24 heavy (non-hydrogen) atoms. The molecule has 126 valence electrons. The highest BCUT2D eigenvalue weighted by Crippen LogP contribution is 2.31. The van der Waals surface area contributed by atoms with E-state index in [9.17, 15) is 9.18 Å². The zero-order valence-electron chi connectivity index (χ0n) is 14.0. The van der Waals surface area contributed by atoms with E-state index in [1.807, 2.05) is 11.0 Å². The number of carbonyl (C=O) groups excluding carboxylic acids is 1. The number of halogens is 1. The lowest BCUT2D eigenvalue weighted by Crippen LogP contribution is -2.38. The first-order valence-corrected chi connectivity index (χ1v) is 8.53. The van der Waals surface area contributed by atoms with Gasteiger partial charge in [0.25, 0.3) is 0 Å². The number of benzene rings is 2. The number of rotatable bonds is 2. The minimum Gasteiger partial charge on any atom is -0.317 e. The molecule has 0 unspecified atom stereocenters. The van der Waals surface area contributed by atoms with Crippen molar-refractivity contribution >= 4 is 11.7 Å². The van der Waals surface area contributed by atoms with Gasteiger partial charge in [0.05, 0.1) is 6.04 Å². The number of hydrogen-bond donors (Lipinski definition) is 1. The molecule has 0 saturated carbocycles. The monoisotopic (exact) mass is 326 g/mol. The van der Waals surface area contributed by atoms with Gasteiger partial charge in [-0.3, -0.25) is 0 Å². The second kappa shape index (κ2) is 7.47. The first-order valence-electron chi connectivity index (χ1n) is 8.53. The number of nitrogens with one attached hydrogen (secondary N) is 1. The van der Waals surface area contributed by atoms with Crippen molar-refractivity contribution in [3.05, 3.63) is 65.5 Å². The highest BCUT2D eigenvalue weighted by Gasteiger charge is 2.26. The van der Waals surface area contributed by atoms with Crippen molar-refractivity contribution in [2.24, 2.45) is 0 Å². The van der Waals surface area contributed by atoms with Crippen LogP contribution in [0.5, 0.6) is 0 Å². The van der Waals surface area contributed by atoms with Crippen LogP contribution in [0.4, 0.5) is 14.9 Å². The summed E-state index contributed by atoms with van der Waals surface area (Å²) >= 11 is 0. The fourth-order valence-corrected chi connectivity index (χ4v) is 3.34. The predicted octanol–water partition coefficient (Wildman–Crippen LogP) is 5.28. The summed E-state index contributed by atoms with van der Waals surface area (Å²) in [6.07, 6.45) is 4.20. The average Bonchev–Trinajstić information content (AvgIpc) is 2.81. The standard InChI is InChI=1S/C20H23FN2O/c1-15-7-5-8-16(13-15)19-11-3-2-4-12-23(19)20(24)22-18-10-6-9-17(21)14-18/h5-10,13-14,19H,2-4,11-12H2,1H3,(H,22,24)/t19-/m0/s1. The number of amides is 2. The lowest BCUT2D eigenvalue weighted by Gasteiger charge is -2.30. The zero-order valence-corrected chi connectivity index (χ0v) is 14.0. The Kier molecular flexibility index (Phi) is 5.14. The van der Waals surface area contributed by atoms with Gasteiger partial charge in [-0.15, -0.1) is 0 Å². The number of anilines is 1. The molecule has 0 bridgehead atoms. The Bertz CT molecular complexity index is 716. The Morgan fingerprint density at radius 2 is 1.96 bits per heavy atom. The minimum absolute atomic E-state index is 0.0703. The van der Waals surface area contributed by atoms with Crippen LogP contribution in [0.25, 0.3) is 0 Å². The summed E-state index contributed by atoms with van der Waals surface area (Å²) in [6.45, 7) is 2.79. The van der Waals surface area contributed by atoms with Crippen LogP contribution < -0.4 is 5.32 Å². The number of nitrogens with zero attached hydrogens (tertiary/aromatic N) is 1. The van der Waals surface area contributed by atoms with Gasteiger partial charge in [-0.25, -0.2) is 9.18 Å². The van der Waals surface area contributed by atoms with Crippen molar-refractivity contribution in [1.29, 1.82) is 0 Å². The normalized spacial score (nSPS) is 18.1. The summed E-state index contributed by atoms with van der Waals surface area (Å²) in [5.74, 6) is -0.348. The number of aryl methyl sites for hydroxylation is 1. The van der Waals surface area contributed by atoms with E-state index in [4.69, 9.17) is 0 Å². The third-order valence-corrected chi connectivity index (χ3v) is 4.52. The molecule has 1 N–H and O–H groups in total. The molecule has 1 heterocycles. The highest BCUT2D eigenvalue weighted by atomic mass is 19.1. The van der Waals surface area contributed by atoms with Crippen molar-refractivity contribution in [2.75, 3.05) is 11.9 Å². The molecule has 4 heteroatoms. The van der Waals surface area contributed by atoms with Gasteiger partial charge in [0.1, 0.15) is 5.82 Å². The van der Waals surface area contributed by atoms with E-state index < -0.39 is 0 Å². The minimum atomic E-state index is -0.348. The van der Waals surface area contributed by atoms with Crippen LogP contribution in [0.15, 0.2) is 48.5 Å². The molecule has 0 spiro atoms. The molecule has 0 radical (unpaired) electrons. The van der Waals surface area contributed by atoms with Crippen molar-refractivity contribution in [3.63, 3.8) is 0 Å². The van der Waals surface area contributed by atoms with E-state index in [-0.39, 0.29) is 17.9 Å². The van der Waals surface area contributed by atoms with Crippen LogP contribution in [0.2, 0.25) is 0 Å². The maximum absolute atomic E-state index is 13.3. The molecule has 0 aromatic heterocycles. The van der Waals surface area contributed by atoms with Gasteiger partial charge < -0.3 is 10.2 Å². The van der Waals surface area contributed by atoms with Crippen LogP contribution in [0.1, 0.15) is 42.9 Å². The molecule has 2 aromatic carbocycles. The Labute approximate surface area is 142 Å². The average molecular weight is 326 g/mol.